The van der Waals surface area contributed by atoms with Gasteiger partial charge in [0.2, 0.25) is 5.91 Å². The lowest BCUT2D eigenvalue weighted by atomic mass is 10.1. The standard InChI is InChI=1S/C15H17F3N2O4/c16-15(17,18)9-20-5-6-24-8-12(20)13(21)19-7-10-1-3-11(4-2-10)14(22)23/h1-4,12H,5-9H2,(H,19,21)(H,22,23). The number of alkyl halides is 3. The third kappa shape index (κ3) is 5.20. The number of aromatic carboxylic acids is 1. The number of carbonyl (C=O) groups is 2. The van der Waals surface area contributed by atoms with Gasteiger partial charge in [-0.15, -0.1) is 0 Å². The van der Waals surface area contributed by atoms with Crippen LogP contribution in [0.5, 0.6) is 0 Å². The van der Waals surface area contributed by atoms with E-state index < -0.39 is 30.6 Å². The van der Waals surface area contributed by atoms with Crippen molar-refractivity contribution in [1.29, 1.82) is 0 Å². The Morgan fingerprint density at radius 3 is 2.54 bits per heavy atom. The third-order valence-corrected chi connectivity index (χ3v) is 3.59. The lowest BCUT2D eigenvalue weighted by Gasteiger charge is -2.34. The number of carboxylic acid groups (broad SMARTS) is 1. The first-order chi connectivity index (χ1) is 11.3. The molecule has 2 rings (SSSR count). The number of benzene rings is 1. The van der Waals surface area contributed by atoms with Crippen molar-refractivity contribution in [2.24, 2.45) is 0 Å². The predicted octanol–water partition coefficient (Wildman–Crippen LogP) is 1.26. The molecule has 24 heavy (non-hydrogen) atoms. The first-order valence-electron chi connectivity index (χ1n) is 7.25. The van der Waals surface area contributed by atoms with Gasteiger partial charge >= 0.3 is 12.1 Å². The second-order valence-corrected chi connectivity index (χ2v) is 5.40. The highest BCUT2D eigenvalue weighted by molar-refractivity contribution is 5.87. The zero-order valence-electron chi connectivity index (χ0n) is 12.7. The van der Waals surface area contributed by atoms with Crippen molar-refractivity contribution >= 4 is 11.9 Å². The second kappa shape index (κ2) is 7.63. The number of amides is 1. The van der Waals surface area contributed by atoms with Gasteiger partial charge in [0.1, 0.15) is 6.04 Å². The fourth-order valence-corrected chi connectivity index (χ4v) is 2.37. The minimum absolute atomic E-state index is 0.0326. The van der Waals surface area contributed by atoms with Crippen molar-refractivity contribution in [2.45, 2.75) is 18.8 Å². The van der Waals surface area contributed by atoms with Gasteiger partial charge in [0.15, 0.2) is 0 Å². The highest BCUT2D eigenvalue weighted by Gasteiger charge is 2.38. The SMILES string of the molecule is O=C(O)c1ccc(CNC(=O)C2COCCN2CC(F)(F)F)cc1. The minimum atomic E-state index is -4.39. The summed E-state index contributed by atoms with van der Waals surface area (Å²) < 4.78 is 42.8. The number of rotatable bonds is 5. The van der Waals surface area contributed by atoms with E-state index in [9.17, 15) is 22.8 Å². The second-order valence-electron chi connectivity index (χ2n) is 5.40. The van der Waals surface area contributed by atoms with Crippen molar-refractivity contribution < 1.29 is 32.6 Å². The number of hydrogen-bond donors (Lipinski definition) is 2. The summed E-state index contributed by atoms with van der Waals surface area (Å²) in [6.45, 7) is -0.988. The van der Waals surface area contributed by atoms with Crippen molar-refractivity contribution in [3.8, 4) is 0 Å². The van der Waals surface area contributed by atoms with Crippen LogP contribution in [0.4, 0.5) is 13.2 Å². The van der Waals surface area contributed by atoms with Crippen molar-refractivity contribution in [2.75, 3.05) is 26.3 Å². The van der Waals surface area contributed by atoms with Crippen molar-refractivity contribution in [3.05, 3.63) is 35.4 Å². The molecule has 0 saturated carbocycles. The molecule has 0 aliphatic carbocycles. The van der Waals surface area contributed by atoms with E-state index in [2.05, 4.69) is 5.32 Å². The van der Waals surface area contributed by atoms with Crippen LogP contribution in [0.3, 0.4) is 0 Å². The van der Waals surface area contributed by atoms with Crippen LogP contribution in [-0.2, 0) is 16.1 Å². The van der Waals surface area contributed by atoms with E-state index in [1.807, 2.05) is 0 Å². The molecule has 1 fully saturated rings. The van der Waals surface area contributed by atoms with Crippen LogP contribution in [-0.4, -0.2) is 60.4 Å². The largest absolute Gasteiger partial charge is 0.478 e. The molecule has 0 aromatic heterocycles. The molecule has 0 radical (unpaired) electrons. The van der Waals surface area contributed by atoms with Gasteiger partial charge in [-0.1, -0.05) is 12.1 Å². The van der Waals surface area contributed by atoms with Crippen LogP contribution >= 0.6 is 0 Å². The van der Waals surface area contributed by atoms with Gasteiger partial charge < -0.3 is 15.2 Å². The van der Waals surface area contributed by atoms with E-state index in [4.69, 9.17) is 9.84 Å². The number of nitrogens with zero attached hydrogens (tertiary/aromatic N) is 1. The number of ether oxygens (including phenoxy) is 1. The van der Waals surface area contributed by atoms with E-state index in [1.165, 1.54) is 24.3 Å². The molecular formula is C15H17F3N2O4. The predicted molar refractivity (Wildman–Crippen MR) is 77.5 cm³/mol. The number of halogens is 3. The molecule has 1 heterocycles. The van der Waals surface area contributed by atoms with Gasteiger partial charge in [-0.05, 0) is 17.7 Å². The molecule has 1 aliphatic heterocycles. The maximum absolute atomic E-state index is 12.6. The molecule has 1 unspecified atom stereocenters. The van der Waals surface area contributed by atoms with Crippen LogP contribution in [0.25, 0.3) is 0 Å². The molecule has 1 aliphatic rings. The molecule has 6 nitrogen and oxygen atoms in total. The maximum Gasteiger partial charge on any atom is 0.401 e. The van der Waals surface area contributed by atoms with Gasteiger partial charge in [0.25, 0.3) is 0 Å². The Labute approximate surface area is 136 Å². The average molecular weight is 346 g/mol. The van der Waals surface area contributed by atoms with E-state index in [0.717, 1.165) is 4.90 Å². The summed E-state index contributed by atoms with van der Waals surface area (Å²) in [4.78, 5) is 24.0. The first-order valence-corrected chi connectivity index (χ1v) is 7.25. The molecule has 9 heteroatoms. The topological polar surface area (TPSA) is 78.9 Å². The van der Waals surface area contributed by atoms with E-state index in [-0.39, 0.29) is 31.9 Å². The number of nitrogens with one attached hydrogen (secondary N) is 1. The van der Waals surface area contributed by atoms with Gasteiger partial charge in [-0.2, -0.15) is 13.2 Å². The number of carboxylic acids is 1. The number of hydrogen-bond acceptors (Lipinski definition) is 4. The first kappa shape index (κ1) is 18.2. The Hall–Kier alpha value is -2.13. The monoisotopic (exact) mass is 346 g/mol. The molecule has 1 aromatic rings. The summed E-state index contributed by atoms with van der Waals surface area (Å²) in [6, 6.07) is 4.86. The van der Waals surface area contributed by atoms with E-state index >= 15 is 0 Å². The molecule has 1 aromatic carbocycles. The Bertz CT molecular complexity index is 589. The molecule has 0 spiro atoms. The molecule has 2 N–H and O–H groups in total. The van der Waals surface area contributed by atoms with E-state index in [1.54, 1.807) is 0 Å². The molecule has 1 saturated heterocycles. The summed E-state index contributed by atoms with van der Waals surface area (Å²) >= 11 is 0. The van der Waals surface area contributed by atoms with Gasteiger partial charge in [0, 0.05) is 13.1 Å². The highest BCUT2D eigenvalue weighted by atomic mass is 19.4. The quantitative estimate of drug-likeness (QED) is 0.839. The normalized spacial score (nSPS) is 19.0. The fourth-order valence-electron chi connectivity index (χ4n) is 2.37. The van der Waals surface area contributed by atoms with Gasteiger partial charge in [-0.25, -0.2) is 4.79 Å². The minimum Gasteiger partial charge on any atom is -0.478 e. The molecule has 132 valence electrons. The van der Waals surface area contributed by atoms with Crippen LogP contribution in [0.2, 0.25) is 0 Å². The zero-order chi connectivity index (χ0) is 17.7. The van der Waals surface area contributed by atoms with Crippen molar-refractivity contribution in [3.63, 3.8) is 0 Å². The average Bonchev–Trinajstić information content (AvgIpc) is 2.52. The number of morpholine rings is 1. The van der Waals surface area contributed by atoms with Crippen molar-refractivity contribution in [1.82, 2.24) is 10.2 Å². The molecule has 1 amide bonds. The summed E-state index contributed by atoms with van der Waals surface area (Å²) in [6.07, 6.45) is -4.39. The summed E-state index contributed by atoms with van der Waals surface area (Å²) in [5, 5.41) is 11.4. The fraction of sp³-hybridized carbons (Fsp3) is 0.467. The molecule has 1 atom stereocenters. The van der Waals surface area contributed by atoms with E-state index in [0.29, 0.717) is 5.56 Å². The maximum atomic E-state index is 12.6. The Morgan fingerprint density at radius 1 is 1.29 bits per heavy atom. The van der Waals surface area contributed by atoms with Crippen LogP contribution in [0, 0.1) is 0 Å². The number of carbonyl (C=O) groups excluding carboxylic acids is 1. The summed E-state index contributed by atoms with van der Waals surface area (Å²) in [5.74, 6) is -1.62. The summed E-state index contributed by atoms with van der Waals surface area (Å²) in [5.41, 5.74) is 0.759. The lowest BCUT2D eigenvalue weighted by molar-refractivity contribution is -0.166. The Balaban J connectivity index is 1.93. The highest BCUT2D eigenvalue weighted by Crippen LogP contribution is 2.19. The third-order valence-electron chi connectivity index (χ3n) is 3.59. The zero-order valence-corrected chi connectivity index (χ0v) is 12.7. The molecule has 0 bridgehead atoms. The lowest BCUT2D eigenvalue weighted by Crippen LogP contribution is -2.55. The smallest absolute Gasteiger partial charge is 0.401 e. The van der Waals surface area contributed by atoms with Gasteiger partial charge in [-0.3, -0.25) is 9.69 Å². The van der Waals surface area contributed by atoms with Crippen LogP contribution in [0.15, 0.2) is 24.3 Å². The van der Waals surface area contributed by atoms with Crippen LogP contribution < -0.4 is 5.32 Å². The Morgan fingerprint density at radius 2 is 1.96 bits per heavy atom. The molecular weight excluding hydrogens is 329 g/mol. The van der Waals surface area contributed by atoms with Gasteiger partial charge in [0.05, 0.1) is 25.3 Å². The summed E-state index contributed by atoms with van der Waals surface area (Å²) in [7, 11) is 0. The Kier molecular flexibility index (Phi) is 5.79. The van der Waals surface area contributed by atoms with Crippen LogP contribution in [0.1, 0.15) is 15.9 Å².